The highest BCUT2D eigenvalue weighted by molar-refractivity contribution is 5.94. The number of amides is 1. The van der Waals surface area contributed by atoms with E-state index in [4.69, 9.17) is 0 Å². The van der Waals surface area contributed by atoms with Crippen LogP contribution in [0.1, 0.15) is 38.1 Å². The maximum Gasteiger partial charge on any atom is 0.256 e. The summed E-state index contributed by atoms with van der Waals surface area (Å²) in [5.74, 6) is -2.59. The van der Waals surface area contributed by atoms with Gasteiger partial charge in [0.15, 0.2) is 11.6 Å². The maximum atomic E-state index is 13.5. The van der Waals surface area contributed by atoms with Crippen molar-refractivity contribution in [1.29, 1.82) is 0 Å². The molecule has 0 aliphatic rings. The second-order valence-electron chi connectivity index (χ2n) is 5.56. The number of nitrogens with zero attached hydrogens (tertiary/aromatic N) is 1. The number of rotatable bonds is 2. The van der Waals surface area contributed by atoms with Gasteiger partial charge in [-0.1, -0.05) is 26.8 Å². The van der Waals surface area contributed by atoms with Crippen LogP contribution in [0.3, 0.4) is 0 Å². The number of hydrogen-bond acceptors (Lipinski definition) is 1. The molecule has 2 nitrogen and oxygen atoms in total. The van der Waals surface area contributed by atoms with E-state index in [1.165, 1.54) is 17.0 Å². The molecule has 4 heteroatoms. The van der Waals surface area contributed by atoms with Gasteiger partial charge in [-0.2, -0.15) is 0 Å². The zero-order valence-corrected chi connectivity index (χ0v) is 11.4. The van der Waals surface area contributed by atoms with Crippen LogP contribution in [-0.4, -0.2) is 23.9 Å². The van der Waals surface area contributed by atoms with Crippen molar-refractivity contribution < 1.29 is 13.6 Å². The Kier molecular flexibility index (Phi) is 4.09. The number of benzene rings is 1. The molecule has 0 aliphatic heterocycles. The lowest BCUT2D eigenvalue weighted by atomic mass is 9.87. The molecule has 0 aromatic heterocycles. The molecule has 0 saturated carbocycles. The molecule has 1 aromatic rings. The Morgan fingerprint density at radius 3 is 2.33 bits per heavy atom. The van der Waals surface area contributed by atoms with E-state index in [0.29, 0.717) is 0 Å². The molecule has 0 N–H and O–H groups in total. The van der Waals surface area contributed by atoms with E-state index in [9.17, 15) is 13.6 Å². The largest absolute Gasteiger partial charge is 0.338 e. The first kappa shape index (κ1) is 14.6. The van der Waals surface area contributed by atoms with E-state index in [1.807, 2.05) is 27.7 Å². The minimum Gasteiger partial charge on any atom is -0.338 e. The van der Waals surface area contributed by atoms with Crippen LogP contribution in [0, 0.1) is 17.0 Å². The highest BCUT2D eigenvalue weighted by atomic mass is 19.2. The molecule has 0 radical (unpaired) electrons. The normalized spacial score (nSPS) is 13.3. The van der Waals surface area contributed by atoms with Gasteiger partial charge in [0, 0.05) is 13.1 Å². The van der Waals surface area contributed by atoms with Crippen LogP contribution in [-0.2, 0) is 0 Å². The topological polar surface area (TPSA) is 20.3 Å². The minimum absolute atomic E-state index is 0.0901. The van der Waals surface area contributed by atoms with Crippen LogP contribution >= 0.6 is 0 Å². The van der Waals surface area contributed by atoms with E-state index in [1.54, 1.807) is 7.05 Å². The molecule has 100 valence electrons. The number of carbonyl (C=O) groups excluding carboxylic acids is 1. The highest BCUT2D eigenvalue weighted by Gasteiger charge is 2.29. The van der Waals surface area contributed by atoms with Crippen molar-refractivity contribution in [2.75, 3.05) is 7.05 Å². The summed E-state index contributed by atoms with van der Waals surface area (Å²) in [5.41, 5.74) is -0.359. The molecule has 0 saturated heterocycles. The maximum absolute atomic E-state index is 13.5. The summed E-state index contributed by atoms with van der Waals surface area (Å²) in [6.45, 7) is 7.85. The standard InChI is InChI=1S/C14H19F2NO/c1-9(14(2,3)4)17(5)13(18)10-7-6-8-11(15)12(10)16/h6-9H,1-5H3. The zero-order valence-electron chi connectivity index (χ0n) is 11.4. The fourth-order valence-electron chi connectivity index (χ4n) is 1.62. The van der Waals surface area contributed by atoms with Gasteiger partial charge in [-0.15, -0.1) is 0 Å². The summed E-state index contributed by atoms with van der Waals surface area (Å²) in [6.07, 6.45) is 0. The van der Waals surface area contributed by atoms with Crippen molar-refractivity contribution in [2.24, 2.45) is 5.41 Å². The Hall–Kier alpha value is -1.45. The molecule has 0 aliphatic carbocycles. The summed E-state index contributed by atoms with van der Waals surface area (Å²) in [4.78, 5) is 13.6. The van der Waals surface area contributed by atoms with Gasteiger partial charge >= 0.3 is 0 Å². The van der Waals surface area contributed by atoms with Crippen molar-refractivity contribution in [3.63, 3.8) is 0 Å². The van der Waals surface area contributed by atoms with E-state index in [-0.39, 0.29) is 17.0 Å². The SMILES string of the molecule is CC(N(C)C(=O)c1cccc(F)c1F)C(C)(C)C. The van der Waals surface area contributed by atoms with Crippen molar-refractivity contribution in [3.8, 4) is 0 Å². The zero-order chi connectivity index (χ0) is 14.1. The lowest BCUT2D eigenvalue weighted by Crippen LogP contribution is -2.43. The smallest absolute Gasteiger partial charge is 0.256 e. The fourth-order valence-corrected chi connectivity index (χ4v) is 1.62. The van der Waals surface area contributed by atoms with Gasteiger partial charge in [0.1, 0.15) is 0 Å². The average molecular weight is 255 g/mol. The van der Waals surface area contributed by atoms with E-state index < -0.39 is 17.5 Å². The molecule has 1 rings (SSSR count). The Morgan fingerprint density at radius 2 is 1.83 bits per heavy atom. The Bertz CT molecular complexity index is 452. The first-order valence-electron chi connectivity index (χ1n) is 5.87. The predicted octanol–water partition coefficient (Wildman–Crippen LogP) is 3.47. The predicted molar refractivity (Wildman–Crippen MR) is 67.4 cm³/mol. The van der Waals surface area contributed by atoms with Crippen LogP contribution < -0.4 is 0 Å². The lowest BCUT2D eigenvalue weighted by Gasteiger charge is -2.35. The summed E-state index contributed by atoms with van der Waals surface area (Å²) < 4.78 is 26.6. The van der Waals surface area contributed by atoms with Crippen molar-refractivity contribution >= 4 is 5.91 Å². The molecule has 18 heavy (non-hydrogen) atoms. The van der Waals surface area contributed by atoms with Crippen LogP contribution in [0.25, 0.3) is 0 Å². The molecule has 0 heterocycles. The van der Waals surface area contributed by atoms with Gasteiger partial charge in [0.2, 0.25) is 0 Å². The van der Waals surface area contributed by atoms with Gasteiger partial charge in [-0.25, -0.2) is 8.78 Å². The van der Waals surface area contributed by atoms with E-state index >= 15 is 0 Å². The number of halogens is 2. The third kappa shape index (κ3) is 2.86. The quantitative estimate of drug-likeness (QED) is 0.792. The molecular formula is C14H19F2NO. The van der Waals surface area contributed by atoms with Crippen LogP contribution in [0.4, 0.5) is 8.78 Å². The van der Waals surface area contributed by atoms with Gasteiger partial charge < -0.3 is 4.90 Å². The molecule has 1 unspecified atom stereocenters. The summed E-state index contributed by atoms with van der Waals surface area (Å²) >= 11 is 0. The van der Waals surface area contributed by atoms with E-state index in [0.717, 1.165) is 6.07 Å². The molecule has 0 bridgehead atoms. The Labute approximate surface area is 107 Å². The van der Waals surface area contributed by atoms with Crippen LogP contribution in [0.2, 0.25) is 0 Å². The summed E-state index contributed by atoms with van der Waals surface area (Å²) in [7, 11) is 1.60. The van der Waals surface area contributed by atoms with Crippen LogP contribution in [0.5, 0.6) is 0 Å². The van der Waals surface area contributed by atoms with Gasteiger partial charge in [-0.05, 0) is 24.5 Å². The molecule has 1 amide bonds. The number of hydrogen-bond donors (Lipinski definition) is 0. The van der Waals surface area contributed by atoms with Crippen LogP contribution in [0.15, 0.2) is 18.2 Å². The van der Waals surface area contributed by atoms with Crippen molar-refractivity contribution in [1.82, 2.24) is 4.90 Å². The molecule has 1 atom stereocenters. The average Bonchev–Trinajstić information content (AvgIpc) is 2.28. The lowest BCUT2D eigenvalue weighted by molar-refractivity contribution is 0.0623. The monoisotopic (exact) mass is 255 g/mol. The van der Waals surface area contributed by atoms with Gasteiger partial charge in [-0.3, -0.25) is 4.79 Å². The molecule has 0 spiro atoms. The Morgan fingerprint density at radius 1 is 1.28 bits per heavy atom. The first-order valence-corrected chi connectivity index (χ1v) is 5.87. The minimum atomic E-state index is -1.09. The fraction of sp³-hybridized carbons (Fsp3) is 0.500. The number of carbonyl (C=O) groups is 1. The van der Waals surface area contributed by atoms with E-state index in [2.05, 4.69) is 0 Å². The first-order chi connectivity index (χ1) is 8.16. The van der Waals surface area contributed by atoms with Gasteiger partial charge in [0.25, 0.3) is 5.91 Å². The third-order valence-electron chi connectivity index (χ3n) is 3.34. The van der Waals surface area contributed by atoms with Crippen molar-refractivity contribution in [3.05, 3.63) is 35.4 Å². The third-order valence-corrected chi connectivity index (χ3v) is 3.34. The van der Waals surface area contributed by atoms with Crippen molar-refractivity contribution in [2.45, 2.75) is 33.7 Å². The second-order valence-corrected chi connectivity index (χ2v) is 5.56. The summed E-state index contributed by atoms with van der Waals surface area (Å²) in [6, 6.07) is 3.54. The molecule has 1 aromatic carbocycles. The highest BCUT2D eigenvalue weighted by Crippen LogP contribution is 2.25. The molecule has 0 fully saturated rings. The summed E-state index contributed by atoms with van der Waals surface area (Å²) in [5, 5.41) is 0. The second kappa shape index (κ2) is 5.04. The molecular weight excluding hydrogens is 236 g/mol. The Balaban J connectivity index is 3.05. The van der Waals surface area contributed by atoms with Gasteiger partial charge in [0.05, 0.1) is 5.56 Å².